The number of unbranched alkanes of at least 4 members (excludes halogenated alkanes) is 2. The van der Waals surface area contributed by atoms with Crippen molar-refractivity contribution in [2.75, 3.05) is 0 Å². The smallest absolute Gasteiger partial charge is 1.00 e. The van der Waals surface area contributed by atoms with E-state index >= 15 is 0 Å². The molecule has 29 heavy (non-hydrogen) atoms. The summed E-state index contributed by atoms with van der Waals surface area (Å²) in [6.07, 6.45) is 32.1. The average molecular weight is 513 g/mol. The van der Waals surface area contributed by atoms with Gasteiger partial charge in [-0.25, -0.2) is 0 Å². The molecule has 4 aliphatic rings. The first-order valence-corrected chi connectivity index (χ1v) is 14.2. The Bertz CT molecular complexity index is 606. The van der Waals surface area contributed by atoms with Gasteiger partial charge in [0.25, 0.3) is 0 Å². The topological polar surface area (TPSA) is 0 Å². The molecule has 0 N–H and O–H groups in total. The van der Waals surface area contributed by atoms with Gasteiger partial charge in [-0.3, -0.25) is 0 Å². The monoisotopic (exact) mass is 510 g/mol. The van der Waals surface area contributed by atoms with Gasteiger partial charge in [0, 0.05) is 0 Å². The number of fused-ring (bicyclic) bond motifs is 2. The molecule has 0 bridgehead atoms. The molecule has 0 aliphatic heterocycles. The van der Waals surface area contributed by atoms with Gasteiger partial charge in [-0.2, -0.15) is 0 Å². The standard InChI is InChI=1S/2C13H19.2ClH.Zr/c2*1-2-3-6-11-9-10-12-7-4-5-8-13(11)12;;;/h2*4-5,8,12H,2-3,6-7,9-10H2,1H3;2*1H;/q;;;;+2/p-2. The van der Waals surface area contributed by atoms with E-state index in [9.17, 15) is 0 Å². The van der Waals surface area contributed by atoms with Crippen molar-refractivity contribution in [3.05, 3.63) is 47.6 Å². The van der Waals surface area contributed by atoms with Gasteiger partial charge >= 0.3 is 180 Å². The first kappa shape index (κ1) is 25.7. The van der Waals surface area contributed by atoms with E-state index in [1.807, 2.05) is 11.1 Å². The third-order valence-electron chi connectivity index (χ3n) is 7.88. The number of allylic oxidation sites excluding steroid dienone is 8. The molecular weight excluding hydrogens is 474 g/mol. The molecule has 0 radical (unpaired) electrons. The summed E-state index contributed by atoms with van der Waals surface area (Å²) in [7, 11) is 0. The molecule has 2 fully saturated rings. The molecule has 0 heterocycles. The van der Waals surface area contributed by atoms with Gasteiger partial charge in [-0.1, -0.05) is 0 Å². The van der Waals surface area contributed by atoms with E-state index in [-0.39, 0.29) is 24.8 Å². The Hall–Kier alpha value is 0.423. The predicted octanol–water partition coefficient (Wildman–Crippen LogP) is 2.37. The van der Waals surface area contributed by atoms with E-state index in [0.29, 0.717) is 6.25 Å². The first-order valence-electron chi connectivity index (χ1n) is 11.8. The zero-order valence-electron chi connectivity index (χ0n) is 18.4. The maximum Gasteiger partial charge on any atom is -1.00 e. The molecule has 160 valence electrons. The molecular formula is C26H38Cl2Zr. The van der Waals surface area contributed by atoms with Gasteiger partial charge in [0.15, 0.2) is 0 Å². The van der Waals surface area contributed by atoms with Crippen molar-refractivity contribution in [2.24, 2.45) is 11.8 Å². The molecule has 0 spiro atoms. The molecule has 4 rings (SSSR count). The molecule has 0 saturated heterocycles. The molecule has 4 unspecified atom stereocenters. The third kappa shape index (κ3) is 5.09. The van der Waals surface area contributed by atoms with Crippen molar-refractivity contribution in [3.8, 4) is 0 Å². The van der Waals surface area contributed by atoms with E-state index in [1.54, 1.807) is 0 Å². The molecule has 0 nitrogen and oxygen atoms in total. The minimum atomic E-state index is -0.601. The van der Waals surface area contributed by atoms with Crippen molar-refractivity contribution in [3.63, 3.8) is 0 Å². The Morgan fingerprint density at radius 3 is 1.66 bits per heavy atom. The first-order chi connectivity index (χ1) is 13.2. The van der Waals surface area contributed by atoms with E-state index in [4.69, 9.17) is 0 Å². The Labute approximate surface area is 203 Å². The summed E-state index contributed by atoms with van der Waals surface area (Å²) in [5.74, 6) is 1.79. The van der Waals surface area contributed by atoms with Crippen LogP contribution in [0.5, 0.6) is 0 Å². The zero-order valence-corrected chi connectivity index (χ0v) is 22.3. The Morgan fingerprint density at radius 1 is 0.793 bits per heavy atom. The Kier molecular flexibility index (Phi) is 10.0. The van der Waals surface area contributed by atoms with Crippen LogP contribution in [-0.2, 0) is 23.2 Å². The molecule has 0 amide bonds. The Balaban J connectivity index is 0.00000150. The maximum atomic E-state index is 2.59. The molecule has 0 aromatic rings. The van der Waals surface area contributed by atoms with Gasteiger partial charge in [0.2, 0.25) is 0 Å². The number of hydrogen-bond donors (Lipinski definition) is 0. The number of rotatable bonds is 8. The second kappa shape index (κ2) is 11.3. The molecule has 2 saturated carbocycles. The van der Waals surface area contributed by atoms with Crippen LogP contribution in [0.25, 0.3) is 0 Å². The van der Waals surface area contributed by atoms with E-state index in [2.05, 4.69) is 50.3 Å². The van der Waals surface area contributed by atoms with Gasteiger partial charge in [0.05, 0.1) is 0 Å². The summed E-state index contributed by atoms with van der Waals surface area (Å²) < 4.78 is 1.33. The summed E-state index contributed by atoms with van der Waals surface area (Å²) in [5.41, 5.74) is 3.85. The average Bonchev–Trinajstić information content (AvgIpc) is 3.25. The SMILES string of the molecule is CCCC[C]1([Zr+2][C]2(CCCC)CCC3CC=CC=C32)CCC2CC=CC=C21.[Cl-].[Cl-]. The van der Waals surface area contributed by atoms with E-state index in [1.165, 1.54) is 77.0 Å². The maximum absolute atomic E-state index is 2.59. The van der Waals surface area contributed by atoms with Crippen molar-refractivity contribution in [2.45, 2.75) is 97.1 Å². The van der Waals surface area contributed by atoms with Crippen LogP contribution in [0.3, 0.4) is 0 Å². The summed E-state index contributed by atoms with van der Waals surface area (Å²) in [6, 6.07) is 0. The number of halogens is 2. The van der Waals surface area contributed by atoms with Crippen LogP contribution in [0.15, 0.2) is 47.6 Å². The van der Waals surface area contributed by atoms with Crippen molar-refractivity contribution >= 4 is 0 Å². The van der Waals surface area contributed by atoms with Gasteiger partial charge in [-0.05, 0) is 0 Å². The molecule has 4 aliphatic carbocycles. The molecule has 0 aromatic carbocycles. The minimum absolute atomic E-state index is 0. The number of hydrogen-bond acceptors (Lipinski definition) is 0. The van der Waals surface area contributed by atoms with Crippen LogP contribution in [0.1, 0.15) is 90.9 Å². The summed E-state index contributed by atoms with van der Waals surface area (Å²) in [6.45, 7) is 4.79. The van der Waals surface area contributed by atoms with Gasteiger partial charge in [0.1, 0.15) is 0 Å². The summed E-state index contributed by atoms with van der Waals surface area (Å²) >= 11 is -0.601. The zero-order chi connectivity index (χ0) is 18.7. The second-order valence-electron chi connectivity index (χ2n) is 9.54. The quantitative estimate of drug-likeness (QED) is 0.469. The van der Waals surface area contributed by atoms with Crippen LogP contribution in [0.2, 0.25) is 6.25 Å². The van der Waals surface area contributed by atoms with Crippen LogP contribution in [-0.4, -0.2) is 0 Å². The van der Waals surface area contributed by atoms with Crippen molar-refractivity contribution in [1.29, 1.82) is 0 Å². The third-order valence-corrected chi connectivity index (χ3v) is 14.1. The van der Waals surface area contributed by atoms with Crippen LogP contribution in [0, 0.1) is 11.8 Å². The fourth-order valence-corrected chi connectivity index (χ4v) is 13.7. The molecule has 0 aromatic heterocycles. The minimum Gasteiger partial charge on any atom is -1.00 e. The van der Waals surface area contributed by atoms with Crippen molar-refractivity contribution in [1.82, 2.24) is 0 Å². The van der Waals surface area contributed by atoms with Gasteiger partial charge < -0.3 is 24.8 Å². The van der Waals surface area contributed by atoms with E-state index < -0.39 is 23.2 Å². The normalized spacial score (nSPS) is 34.3. The van der Waals surface area contributed by atoms with Crippen LogP contribution < -0.4 is 24.8 Å². The largest absolute Gasteiger partial charge is 1.00 e. The second-order valence-corrected chi connectivity index (χ2v) is 14.9. The van der Waals surface area contributed by atoms with Crippen LogP contribution >= 0.6 is 0 Å². The molecule has 3 heteroatoms. The Morgan fingerprint density at radius 2 is 1.24 bits per heavy atom. The summed E-state index contributed by atoms with van der Waals surface area (Å²) in [5, 5.41) is 0. The predicted molar refractivity (Wildman–Crippen MR) is 114 cm³/mol. The fraction of sp³-hybridized carbons (Fsp3) is 0.692. The fourth-order valence-electron chi connectivity index (χ4n) is 6.48. The van der Waals surface area contributed by atoms with Gasteiger partial charge in [-0.15, -0.1) is 0 Å². The van der Waals surface area contributed by atoms with E-state index in [0.717, 1.165) is 11.8 Å². The van der Waals surface area contributed by atoms with Crippen molar-refractivity contribution < 1.29 is 48.0 Å². The molecule has 4 atom stereocenters. The summed E-state index contributed by atoms with van der Waals surface area (Å²) in [4.78, 5) is 0. The van der Waals surface area contributed by atoms with Crippen LogP contribution in [0.4, 0.5) is 0 Å².